The summed E-state index contributed by atoms with van der Waals surface area (Å²) in [6.45, 7) is 3.19. The first-order valence-corrected chi connectivity index (χ1v) is 8.71. The minimum absolute atomic E-state index is 0.0476. The molecule has 1 unspecified atom stereocenters. The van der Waals surface area contributed by atoms with Gasteiger partial charge in [0.1, 0.15) is 5.82 Å². The van der Waals surface area contributed by atoms with E-state index in [0.29, 0.717) is 24.0 Å². The number of hydrogen-bond donors (Lipinski definition) is 2. The zero-order chi connectivity index (χ0) is 18.0. The molecule has 134 valence electrons. The molecule has 0 radical (unpaired) electrons. The quantitative estimate of drug-likeness (QED) is 0.894. The summed E-state index contributed by atoms with van der Waals surface area (Å²) >= 11 is 0. The minimum Gasteiger partial charge on any atom is -0.396 e. The number of carbonyl (C=O) groups excluding carboxylic acids is 1. The van der Waals surface area contributed by atoms with Gasteiger partial charge in [0.15, 0.2) is 0 Å². The lowest BCUT2D eigenvalue weighted by Crippen LogP contribution is -2.48. The van der Waals surface area contributed by atoms with Crippen LogP contribution in [0.25, 0.3) is 10.9 Å². The van der Waals surface area contributed by atoms with Crippen LogP contribution in [-0.2, 0) is 0 Å². The van der Waals surface area contributed by atoms with Crippen molar-refractivity contribution in [2.75, 3.05) is 19.7 Å². The minimum atomic E-state index is -0.465. The Balaban J connectivity index is 1.98. The average molecular weight is 346 g/mol. The number of fused-ring (bicyclic) bond motifs is 1. The standard InChI is InChI=1S/C19H23FN2O3/c1-2-6-19(12-23)7-3-8-22(11-19)18(25)15-10-17(24)21-16-9-13(20)4-5-14(15)16/h4-5,9-10,23H,2-3,6-8,11-12H2,1H3,(H,21,24). The molecule has 6 heteroatoms. The number of pyridine rings is 1. The number of aromatic amines is 1. The summed E-state index contributed by atoms with van der Waals surface area (Å²) in [5, 5.41) is 10.4. The Kier molecular flexibility index (Phi) is 4.90. The number of halogens is 1. The largest absolute Gasteiger partial charge is 0.396 e. The topological polar surface area (TPSA) is 73.4 Å². The number of H-pyrrole nitrogens is 1. The summed E-state index contributed by atoms with van der Waals surface area (Å²) in [5.41, 5.74) is -0.106. The molecule has 1 aromatic heterocycles. The van der Waals surface area contributed by atoms with Crippen molar-refractivity contribution in [3.63, 3.8) is 0 Å². The predicted octanol–water partition coefficient (Wildman–Crippen LogP) is 2.68. The molecule has 1 amide bonds. The lowest BCUT2D eigenvalue weighted by molar-refractivity contribution is 0.0223. The van der Waals surface area contributed by atoms with Crippen molar-refractivity contribution in [3.05, 3.63) is 46.0 Å². The summed E-state index contributed by atoms with van der Waals surface area (Å²) in [5.74, 6) is -0.704. The molecule has 2 aromatic rings. The van der Waals surface area contributed by atoms with Crippen LogP contribution in [0.2, 0.25) is 0 Å². The van der Waals surface area contributed by atoms with Gasteiger partial charge in [-0.1, -0.05) is 13.3 Å². The molecule has 1 aromatic carbocycles. The number of nitrogens with one attached hydrogen (secondary N) is 1. The number of nitrogens with zero attached hydrogens (tertiary/aromatic N) is 1. The Morgan fingerprint density at radius 2 is 2.20 bits per heavy atom. The molecule has 0 aliphatic carbocycles. The van der Waals surface area contributed by atoms with Crippen molar-refractivity contribution < 1.29 is 14.3 Å². The Labute approximate surface area is 145 Å². The highest BCUT2D eigenvalue weighted by Gasteiger charge is 2.36. The van der Waals surface area contributed by atoms with Crippen LogP contribution in [-0.4, -0.2) is 40.6 Å². The molecule has 0 spiro atoms. The third-order valence-corrected chi connectivity index (χ3v) is 5.10. The number of piperidine rings is 1. The van der Waals surface area contributed by atoms with E-state index in [9.17, 15) is 19.1 Å². The maximum atomic E-state index is 13.4. The van der Waals surface area contributed by atoms with E-state index in [1.165, 1.54) is 24.3 Å². The van der Waals surface area contributed by atoms with Gasteiger partial charge in [-0.25, -0.2) is 4.39 Å². The van der Waals surface area contributed by atoms with Gasteiger partial charge in [-0.05, 0) is 37.5 Å². The van der Waals surface area contributed by atoms with Gasteiger partial charge >= 0.3 is 0 Å². The number of aliphatic hydroxyl groups excluding tert-OH is 1. The van der Waals surface area contributed by atoms with Crippen molar-refractivity contribution in [3.8, 4) is 0 Å². The maximum absolute atomic E-state index is 13.4. The fraction of sp³-hybridized carbons (Fsp3) is 0.474. The van der Waals surface area contributed by atoms with Crippen molar-refractivity contribution in [2.45, 2.75) is 32.6 Å². The molecule has 2 heterocycles. The SMILES string of the molecule is CCCC1(CO)CCCN(C(=O)c2cc(=O)[nH]c3cc(F)ccc23)C1. The zero-order valence-corrected chi connectivity index (χ0v) is 14.3. The number of rotatable bonds is 4. The van der Waals surface area contributed by atoms with Crippen LogP contribution in [0.1, 0.15) is 43.0 Å². The van der Waals surface area contributed by atoms with Crippen molar-refractivity contribution in [1.82, 2.24) is 9.88 Å². The molecule has 5 nitrogen and oxygen atoms in total. The van der Waals surface area contributed by atoms with E-state index in [-0.39, 0.29) is 23.5 Å². The number of amides is 1. The molecule has 1 saturated heterocycles. The molecule has 0 saturated carbocycles. The van der Waals surface area contributed by atoms with Crippen molar-refractivity contribution in [2.24, 2.45) is 5.41 Å². The van der Waals surface area contributed by atoms with Crippen molar-refractivity contribution in [1.29, 1.82) is 0 Å². The first kappa shape index (κ1) is 17.6. The van der Waals surface area contributed by atoms with Gasteiger partial charge in [-0.2, -0.15) is 0 Å². The number of aliphatic hydroxyl groups is 1. The highest BCUT2D eigenvalue weighted by molar-refractivity contribution is 6.06. The Hall–Kier alpha value is -2.21. The van der Waals surface area contributed by atoms with Gasteiger partial charge in [-0.3, -0.25) is 9.59 Å². The van der Waals surface area contributed by atoms with Gasteiger partial charge in [0, 0.05) is 30.0 Å². The van der Waals surface area contributed by atoms with Crippen LogP contribution in [0.4, 0.5) is 4.39 Å². The fourth-order valence-electron chi connectivity index (χ4n) is 3.90. The normalized spacial score (nSPS) is 20.8. The Morgan fingerprint density at radius 1 is 1.40 bits per heavy atom. The van der Waals surface area contributed by atoms with Gasteiger partial charge < -0.3 is 15.0 Å². The smallest absolute Gasteiger partial charge is 0.254 e. The summed E-state index contributed by atoms with van der Waals surface area (Å²) in [6, 6.07) is 5.29. The van der Waals surface area contributed by atoms with E-state index in [4.69, 9.17) is 0 Å². The number of benzene rings is 1. The highest BCUT2D eigenvalue weighted by atomic mass is 19.1. The number of carbonyl (C=O) groups is 1. The van der Waals surface area contributed by atoms with E-state index in [0.717, 1.165) is 25.7 Å². The lowest BCUT2D eigenvalue weighted by Gasteiger charge is -2.42. The summed E-state index contributed by atoms with van der Waals surface area (Å²) in [4.78, 5) is 29.2. The molecule has 1 fully saturated rings. The predicted molar refractivity (Wildman–Crippen MR) is 94.1 cm³/mol. The Morgan fingerprint density at radius 3 is 2.92 bits per heavy atom. The summed E-state index contributed by atoms with van der Waals surface area (Å²) in [7, 11) is 0. The molecule has 1 aliphatic rings. The Bertz CT molecular complexity index is 844. The second-order valence-electron chi connectivity index (χ2n) is 6.98. The maximum Gasteiger partial charge on any atom is 0.254 e. The lowest BCUT2D eigenvalue weighted by atomic mass is 9.77. The second-order valence-corrected chi connectivity index (χ2v) is 6.98. The van der Waals surface area contributed by atoms with Crippen LogP contribution in [0.15, 0.2) is 29.1 Å². The number of likely N-dealkylation sites (tertiary alicyclic amines) is 1. The van der Waals surface area contributed by atoms with E-state index < -0.39 is 11.4 Å². The summed E-state index contributed by atoms with van der Waals surface area (Å²) in [6.07, 6.45) is 3.51. The van der Waals surface area contributed by atoms with Crippen LogP contribution in [0.5, 0.6) is 0 Å². The first-order valence-electron chi connectivity index (χ1n) is 8.71. The molecular formula is C19H23FN2O3. The molecule has 25 heavy (non-hydrogen) atoms. The van der Waals surface area contributed by atoms with Gasteiger partial charge in [-0.15, -0.1) is 0 Å². The van der Waals surface area contributed by atoms with E-state index in [1.807, 2.05) is 0 Å². The summed E-state index contributed by atoms with van der Waals surface area (Å²) < 4.78 is 13.4. The molecule has 1 atom stereocenters. The van der Waals surface area contributed by atoms with Crippen LogP contribution < -0.4 is 5.56 Å². The van der Waals surface area contributed by atoms with E-state index in [1.54, 1.807) is 4.90 Å². The first-order chi connectivity index (χ1) is 12.0. The van der Waals surface area contributed by atoms with Gasteiger partial charge in [0.25, 0.3) is 5.91 Å². The van der Waals surface area contributed by atoms with Crippen LogP contribution in [0.3, 0.4) is 0 Å². The van der Waals surface area contributed by atoms with Crippen molar-refractivity contribution >= 4 is 16.8 Å². The van der Waals surface area contributed by atoms with Gasteiger partial charge in [0.2, 0.25) is 5.56 Å². The van der Waals surface area contributed by atoms with Crippen LogP contribution in [0, 0.1) is 11.2 Å². The highest BCUT2D eigenvalue weighted by Crippen LogP contribution is 2.35. The monoisotopic (exact) mass is 346 g/mol. The molecule has 1 aliphatic heterocycles. The third-order valence-electron chi connectivity index (χ3n) is 5.10. The molecule has 2 N–H and O–H groups in total. The van der Waals surface area contributed by atoms with E-state index in [2.05, 4.69) is 11.9 Å². The zero-order valence-electron chi connectivity index (χ0n) is 14.3. The number of hydrogen-bond acceptors (Lipinski definition) is 3. The van der Waals surface area contributed by atoms with Crippen LogP contribution >= 0.6 is 0 Å². The fourth-order valence-corrected chi connectivity index (χ4v) is 3.90. The van der Waals surface area contributed by atoms with E-state index >= 15 is 0 Å². The average Bonchev–Trinajstić information content (AvgIpc) is 2.60. The number of aromatic nitrogens is 1. The van der Waals surface area contributed by atoms with Gasteiger partial charge in [0.05, 0.1) is 17.7 Å². The third kappa shape index (κ3) is 3.44. The molecule has 0 bridgehead atoms. The molecular weight excluding hydrogens is 323 g/mol. The second kappa shape index (κ2) is 6.96. The molecule has 3 rings (SSSR count).